The average Bonchev–Trinajstić information content (AvgIpc) is 2.77. The summed E-state index contributed by atoms with van der Waals surface area (Å²) in [6.07, 6.45) is -4.50. The minimum atomic E-state index is -4.50. The fourth-order valence-electron chi connectivity index (χ4n) is 3.94. The molecule has 33 heavy (non-hydrogen) atoms. The van der Waals surface area contributed by atoms with Gasteiger partial charge in [-0.1, -0.05) is 36.4 Å². The second-order valence-electron chi connectivity index (χ2n) is 8.18. The van der Waals surface area contributed by atoms with Crippen LogP contribution in [0.2, 0.25) is 0 Å². The Hall–Kier alpha value is -3.61. The summed E-state index contributed by atoms with van der Waals surface area (Å²) in [7, 11) is 0. The van der Waals surface area contributed by atoms with Gasteiger partial charge < -0.3 is 9.73 Å². The lowest BCUT2D eigenvalue weighted by Gasteiger charge is -2.20. The molecule has 4 aromatic rings. The van der Waals surface area contributed by atoms with Gasteiger partial charge in [0.15, 0.2) is 5.43 Å². The van der Waals surface area contributed by atoms with E-state index in [2.05, 4.69) is 10.3 Å². The van der Waals surface area contributed by atoms with E-state index in [4.69, 9.17) is 4.42 Å². The van der Waals surface area contributed by atoms with Crippen molar-refractivity contribution in [2.75, 3.05) is 5.32 Å². The molecular formula is C26H23F3N2O2. The minimum absolute atomic E-state index is 0.111. The summed E-state index contributed by atoms with van der Waals surface area (Å²) >= 11 is 0. The second kappa shape index (κ2) is 8.39. The third kappa shape index (κ3) is 4.35. The highest BCUT2D eigenvalue weighted by Crippen LogP contribution is 2.33. The summed E-state index contributed by atoms with van der Waals surface area (Å²) in [6.45, 7) is 7.03. The van der Waals surface area contributed by atoms with Gasteiger partial charge in [0.05, 0.1) is 22.8 Å². The van der Waals surface area contributed by atoms with Gasteiger partial charge in [-0.15, -0.1) is 0 Å². The first kappa shape index (κ1) is 22.6. The SMILES string of the molecule is Cc1cc([C@@H](C)Nc2ccc(C(F)(F)F)nc2C)c2oc(-c3ccccc3)c(C)c(=O)c2c1. The molecule has 0 aliphatic heterocycles. The maximum Gasteiger partial charge on any atom is 0.433 e. The summed E-state index contributed by atoms with van der Waals surface area (Å²) < 4.78 is 45.2. The average molecular weight is 452 g/mol. The molecule has 2 heterocycles. The third-order valence-corrected chi connectivity index (χ3v) is 5.64. The van der Waals surface area contributed by atoms with E-state index in [1.165, 1.54) is 13.0 Å². The number of alkyl halides is 3. The number of hydrogen-bond acceptors (Lipinski definition) is 4. The van der Waals surface area contributed by atoms with E-state index in [1.54, 1.807) is 13.0 Å². The number of hydrogen-bond donors (Lipinski definition) is 1. The smallest absolute Gasteiger partial charge is 0.433 e. The van der Waals surface area contributed by atoms with E-state index in [-0.39, 0.29) is 17.2 Å². The van der Waals surface area contributed by atoms with Crippen molar-refractivity contribution < 1.29 is 17.6 Å². The molecule has 4 rings (SSSR count). The van der Waals surface area contributed by atoms with Gasteiger partial charge in [0.2, 0.25) is 0 Å². The number of nitrogens with one attached hydrogen (secondary N) is 1. The summed E-state index contributed by atoms with van der Waals surface area (Å²) in [5, 5.41) is 3.70. The molecule has 0 saturated heterocycles. The highest BCUT2D eigenvalue weighted by molar-refractivity contribution is 5.84. The highest BCUT2D eigenvalue weighted by atomic mass is 19.4. The van der Waals surface area contributed by atoms with E-state index >= 15 is 0 Å². The number of benzene rings is 2. The Bertz CT molecular complexity index is 1390. The molecular weight excluding hydrogens is 429 g/mol. The van der Waals surface area contributed by atoms with E-state index in [0.717, 1.165) is 22.8 Å². The summed E-state index contributed by atoms with van der Waals surface area (Å²) in [4.78, 5) is 16.9. The third-order valence-electron chi connectivity index (χ3n) is 5.64. The number of halogens is 3. The monoisotopic (exact) mass is 452 g/mol. The number of pyridine rings is 1. The molecule has 170 valence electrons. The van der Waals surface area contributed by atoms with Crippen molar-refractivity contribution in [1.29, 1.82) is 0 Å². The molecule has 0 aliphatic carbocycles. The fraction of sp³-hybridized carbons (Fsp3) is 0.231. The van der Waals surface area contributed by atoms with E-state index < -0.39 is 11.9 Å². The van der Waals surface area contributed by atoms with Crippen LogP contribution in [0, 0.1) is 20.8 Å². The maximum absolute atomic E-state index is 13.2. The van der Waals surface area contributed by atoms with Crippen LogP contribution >= 0.6 is 0 Å². The summed E-state index contributed by atoms with van der Waals surface area (Å²) in [5.74, 6) is 0.498. The number of rotatable bonds is 4. The molecule has 2 aromatic heterocycles. The van der Waals surface area contributed by atoms with Crippen LogP contribution in [0.3, 0.4) is 0 Å². The first-order valence-corrected chi connectivity index (χ1v) is 10.5. The number of anilines is 1. The molecule has 2 aromatic carbocycles. The summed E-state index contributed by atoms with van der Waals surface area (Å²) in [5.41, 5.74) is 3.04. The summed E-state index contributed by atoms with van der Waals surface area (Å²) in [6, 6.07) is 15.1. The van der Waals surface area contributed by atoms with Crippen molar-refractivity contribution in [2.24, 2.45) is 0 Å². The number of aromatic nitrogens is 1. The second-order valence-corrected chi connectivity index (χ2v) is 8.18. The molecule has 0 fully saturated rings. The highest BCUT2D eigenvalue weighted by Gasteiger charge is 2.32. The first-order valence-electron chi connectivity index (χ1n) is 10.5. The Balaban J connectivity index is 1.82. The fourth-order valence-corrected chi connectivity index (χ4v) is 3.94. The van der Waals surface area contributed by atoms with Crippen LogP contribution in [0.5, 0.6) is 0 Å². The Labute approximate surface area is 189 Å². The van der Waals surface area contributed by atoms with Crippen LogP contribution < -0.4 is 10.7 Å². The number of aryl methyl sites for hydroxylation is 2. The zero-order chi connectivity index (χ0) is 23.9. The van der Waals surface area contributed by atoms with Crippen LogP contribution in [0.1, 0.15) is 41.0 Å². The van der Waals surface area contributed by atoms with E-state index in [0.29, 0.717) is 28.0 Å². The molecule has 0 unspecified atom stereocenters. The zero-order valence-corrected chi connectivity index (χ0v) is 18.7. The molecule has 0 radical (unpaired) electrons. The van der Waals surface area contributed by atoms with Crippen LogP contribution in [0.25, 0.3) is 22.3 Å². The number of nitrogens with zero attached hydrogens (tertiary/aromatic N) is 1. The van der Waals surface area contributed by atoms with Gasteiger partial charge >= 0.3 is 6.18 Å². The lowest BCUT2D eigenvalue weighted by molar-refractivity contribution is -0.141. The van der Waals surface area contributed by atoms with Crippen molar-refractivity contribution in [3.8, 4) is 11.3 Å². The largest absolute Gasteiger partial charge is 0.455 e. The van der Waals surface area contributed by atoms with Crippen LogP contribution in [-0.4, -0.2) is 4.98 Å². The van der Waals surface area contributed by atoms with Crippen LogP contribution in [-0.2, 0) is 6.18 Å². The Morgan fingerprint density at radius 2 is 1.70 bits per heavy atom. The minimum Gasteiger partial charge on any atom is -0.455 e. The van der Waals surface area contributed by atoms with Gasteiger partial charge in [0.25, 0.3) is 0 Å². The topological polar surface area (TPSA) is 55.1 Å². The van der Waals surface area contributed by atoms with Crippen molar-refractivity contribution >= 4 is 16.7 Å². The number of fused-ring (bicyclic) bond motifs is 1. The molecule has 0 saturated carbocycles. The Kier molecular flexibility index (Phi) is 5.74. The molecule has 0 aliphatic rings. The van der Waals surface area contributed by atoms with Crippen molar-refractivity contribution in [2.45, 2.75) is 39.9 Å². The van der Waals surface area contributed by atoms with Gasteiger partial charge in [0, 0.05) is 16.7 Å². The quantitative estimate of drug-likeness (QED) is 0.363. The normalized spacial score (nSPS) is 12.7. The van der Waals surface area contributed by atoms with E-state index in [9.17, 15) is 18.0 Å². The van der Waals surface area contributed by atoms with Crippen LogP contribution in [0.4, 0.5) is 18.9 Å². The van der Waals surface area contributed by atoms with Crippen molar-refractivity contribution in [1.82, 2.24) is 4.98 Å². The molecule has 1 atom stereocenters. The van der Waals surface area contributed by atoms with E-state index in [1.807, 2.05) is 50.2 Å². The molecule has 4 nitrogen and oxygen atoms in total. The molecule has 7 heteroatoms. The van der Waals surface area contributed by atoms with Gasteiger partial charge in [-0.2, -0.15) is 13.2 Å². The predicted molar refractivity (Wildman–Crippen MR) is 123 cm³/mol. The maximum atomic E-state index is 13.2. The van der Waals surface area contributed by atoms with Gasteiger partial charge in [-0.3, -0.25) is 4.79 Å². The predicted octanol–water partition coefficient (Wildman–Crippen LogP) is 6.97. The van der Waals surface area contributed by atoms with Gasteiger partial charge in [-0.25, -0.2) is 4.98 Å². The van der Waals surface area contributed by atoms with Crippen LogP contribution in [0.15, 0.2) is 63.8 Å². The lowest BCUT2D eigenvalue weighted by atomic mass is 9.98. The molecule has 0 spiro atoms. The van der Waals surface area contributed by atoms with Crippen molar-refractivity contribution in [3.05, 3.63) is 92.9 Å². The molecule has 0 bridgehead atoms. The van der Waals surface area contributed by atoms with Gasteiger partial charge in [0.1, 0.15) is 17.0 Å². The first-order chi connectivity index (χ1) is 15.6. The Morgan fingerprint density at radius 3 is 2.33 bits per heavy atom. The molecule has 1 N–H and O–H groups in total. The Morgan fingerprint density at radius 1 is 1.00 bits per heavy atom. The standard InChI is InChI=1S/C26H23F3N2O2/c1-14-12-19(16(3)30-21-10-11-22(26(27,28)29)31-17(21)4)25-20(13-14)23(32)15(2)24(33-25)18-8-6-5-7-9-18/h5-13,16,30H,1-4H3/t16-/m1/s1. The van der Waals surface area contributed by atoms with Gasteiger partial charge in [-0.05, 0) is 51.5 Å². The zero-order valence-electron chi connectivity index (χ0n) is 18.7. The van der Waals surface area contributed by atoms with Crippen molar-refractivity contribution in [3.63, 3.8) is 0 Å². The lowest BCUT2D eigenvalue weighted by Crippen LogP contribution is -2.14. The molecule has 0 amide bonds.